The van der Waals surface area contributed by atoms with Crippen molar-refractivity contribution >= 4 is 16.7 Å². The smallest absolute Gasteiger partial charge is 0.394 e. The van der Waals surface area contributed by atoms with Crippen molar-refractivity contribution < 1.29 is 36.9 Å². The molecule has 1 heterocycles. The van der Waals surface area contributed by atoms with Crippen molar-refractivity contribution in [3.05, 3.63) is 0 Å². The van der Waals surface area contributed by atoms with Crippen LogP contribution in [-0.4, -0.2) is 61.0 Å². The molecule has 0 aromatic heterocycles. The van der Waals surface area contributed by atoms with Gasteiger partial charge >= 0.3 is 10.4 Å². The predicted octanol–water partition coefficient (Wildman–Crippen LogP) is -3.07. The molecule has 1 aliphatic rings. The maximum Gasteiger partial charge on any atom is 0.400 e. The van der Waals surface area contributed by atoms with Gasteiger partial charge in [-0.15, -0.1) is 0 Å². The maximum absolute atomic E-state index is 10.8. The zero-order valence-electron chi connectivity index (χ0n) is 7.38. The van der Waals surface area contributed by atoms with Gasteiger partial charge in [0.2, 0.25) is 0 Å². The minimum atomic E-state index is -4.34. The fourth-order valence-electron chi connectivity index (χ4n) is 1.12. The summed E-state index contributed by atoms with van der Waals surface area (Å²) in [6.07, 6.45) is -6.32. The van der Waals surface area contributed by atoms with Crippen molar-refractivity contribution in [1.29, 1.82) is 0 Å². The molecular weight excluding hydrogens is 232 g/mol. The van der Waals surface area contributed by atoms with Gasteiger partial charge in [-0.3, -0.25) is 0 Å². The average Bonchev–Trinajstić information content (AvgIpc) is 2.52. The number of hydrogen-bond acceptors (Lipinski definition) is 8. The molecule has 1 rings (SSSR count). The summed E-state index contributed by atoms with van der Waals surface area (Å²) in [6, 6.07) is 0. The van der Waals surface area contributed by atoms with Crippen molar-refractivity contribution in [1.82, 2.24) is 0 Å². The Morgan fingerprint density at radius 2 is 1.80 bits per heavy atom. The number of rotatable bonds is 4. The van der Waals surface area contributed by atoms with Gasteiger partial charge in [-0.2, -0.15) is 8.42 Å². The van der Waals surface area contributed by atoms with Gasteiger partial charge in [-0.1, -0.05) is 0 Å². The molecule has 4 atom stereocenters. The molecule has 0 bridgehead atoms. The number of aldehydes is 1. The van der Waals surface area contributed by atoms with Gasteiger partial charge in [0, 0.05) is 0 Å². The van der Waals surface area contributed by atoms with E-state index in [2.05, 4.69) is 8.37 Å². The van der Waals surface area contributed by atoms with Crippen LogP contribution in [0.2, 0.25) is 0 Å². The fraction of sp³-hybridized carbons (Fsp3) is 0.833. The van der Waals surface area contributed by atoms with Gasteiger partial charge in [-0.05, 0) is 0 Å². The third-order valence-electron chi connectivity index (χ3n) is 1.82. The van der Waals surface area contributed by atoms with Gasteiger partial charge in [0.05, 0.1) is 6.61 Å². The first-order valence-electron chi connectivity index (χ1n) is 3.95. The van der Waals surface area contributed by atoms with Gasteiger partial charge in [-0.25, -0.2) is 8.37 Å². The molecule has 1 aliphatic heterocycles. The van der Waals surface area contributed by atoms with E-state index in [1.165, 1.54) is 0 Å². The van der Waals surface area contributed by atoms with Gasteiger partial charge < -0.3 is 20.1 Å². The van der Waals surface area contributed by atoms with Gasteiger partial charge in [0.15, 0.2) is 6.29 Å². The minimum absolute atomic E-state index is 0.0476. The second-order valence-corrected chi connectivity index (χ2v) is 4.11. The van der Waals surface area contributed by atoms with Gasteiger partial charge in [0.25, 0.3) is 0 Å². The molecule has 9 heteroatoms. The summed E-state index contributed by atoms with van der Waals surface area (Å²) in [5.74, 6) is 0. The predicted molar refractivity (Wildman–Crippen MR) is 43.8 cm³/mol. The van der Waals surface area contributed by atoms with Crippen LogP contribution >= 0.6 is 0 Å². The standard InChI is InChI=1S/C6H10O8S/c7-1-3(9)5-6(4(10)2-8)14-15(11,12)13-5/h1,3-6,8-10H,2H2/t3-,4+,5+,6-/m0/s1. The molecule has 0 saturated carbocycles. The van der Waals surface area contributed by atoms with Crippen molar-refractivity contribution in [3.63, 3.8) is 0 Å². The SMILES string of the molecule is O=C[C@H](O)[C@H]1OS(=O)(=O)O[C@H]1[C@H](O)CO. The molecule has 1 saturated heterocycles. The molecule has 0 aliphatic carbocycles. The molecular formula is C6H10O8S. The van der Waals surface area contributed by atoms with E-state index in [1.54, 1.807) is 0 Å². The molecule has 88 valence electrons. The first-order valence-corrected chi connectivity index (χ1v) is 5.28. The number of aliphatic hydroxyl groups is 3. The van der Waals surface area contributed by atoms with E-state index in [0.717, 1.165) is 0 Å². The van der Waals surface area contributed by atoms with Crippen LogP contribution < -0.4 is 0 Å². The highest BCUT2D eigenvalue weighted by atomic mass is 32.3. The Bertz CT molecular complexity index is 324. The monoisotopic (exact) mass is 242 g/mol. The molecule has 0 spiro atoms. The van der Waals surface area contributed by atoms with E-state index in [9.17, 15) is 13.2 Å². The highest BCUT2D eigenvalue weighted by Gasteiger charge is 2.47. The lowest BCUT2D eigenvalue weighted by Gasteiger charge is -2.19. The summed E-state index contributed by atoms with van der Waals surface area (Å²) in [5.41, 5.74) is 0. The normalized spacial score (nSPS) is 33.5. The lowest BCUT2D eigenvalue weighted by atomic mass is 10.0. The van der Waals surface area contributed by atoms with E-state index in [1.807, 2.05) is 0 Å². The Morgan fingerprint density at radius 3 is 2.27 bits per heavy atom. The van der Waals surface area contributed by atoms with E-state index in [-0.39, 0.29) is 6.29 Å². The van der Waals surface area contributed by atoms with Crippen LogP contribution in [0.3, 0.4) is 0 Å². The van der Waals surface area contributed by atoms with Crippen molar-refractivity contribution in [2.75, 3.05) is 6.61 Å². The Balaban J connectivity index is 2.88. The van der Waals surface area contributed by atoms with Crippen molar-refractivity contribution in [2.24, 2.45) is 0 Å². The summed E-state index contributed by atoms with van der Waals surface area (Å²) >= 11 is 0. The number of carbonyl (C=O) groups excluding carboxylic acids is 1. The van der Waals surface area contributed by atoms with Crippen LogP contribution in [0.4, 0.5) is 0 Å². The third-order valence-corrected chi connectivity index (χ3v) is 2.74. The molecule has 1 fully saturated rings. The zero-order chi connectivity index (χ0) is 11.6. The maximum atomic E-state index is 10.8. The first kappa shape index (κ1) is 12.5. The number of hydrogen-bond donors (Lipinski definition) is 3. The Hall–Kier alpha value is -0.580. The van der Waals surface area contributed by atoms with Crippen LogP contribution in [0, 0.1) is 0 Å². The van der Waals surface area contributed by atoms with Crippen LogP contribution in [-0.2, 0) is 23.6 Å². The average molecular weight is 242 g/mol. The Kier molecular flexibility index (Phi) is 3.76. The third kappa shape index (κ3) is 2.71. The minimum Gasteiger partial charge on any atom is -0.394 e. The highest BCUT2D eigenvalue weighted by molar-refractivity contribution is 7.82. The van der Waals surface area contributed by atoms with Crippen molar-refractivity contribution in [2.45, 2.75) is 24.4 Å². The van der Waals surface area contributed by atoms with Gasteiger partial charge in [0.1, 0.15) is 24.4 Å². The lowest BCUT2D eigenvalue weighted by Crippen LogP contribution is -2.44. The fourth-order valence-corrected chi connectivity index (χ4v) is 2.17. The molecule has 15 heavy (non-hydrogen) atoms. The summed E-state index contributed by atoms with van der Waals surface area (Å²) in [5, 5.41) is 26.8. The number of aliphatic hydroxyl groups excluding tert-OH is 3. The summed E-state index contributed by atoms with van der Waals surface area (Å²) < 4.78 is 30.1. The van der Waals surface area contributed by atoms with Crippen molar-refractivity contribution in [3.8, 4) is 0 Å². The summed E-state index contributed by atoms with van der Waals surface area (Å²) in [7, 11) is -4.34. The second kappa shape index (κ2) is 4.51. The largest absolute Gasteiger partial charge is 0.400 e. The molecule has 0 unspecified atom stereocenters. The van der Waals surface area contributed by atoms with Crippen LogP contribution in [0.25, 0.3) is 0 Å². The highest BCUT2D eigenvalue weighted by Crippen LogP contribution is 2.25. The Morgan fingerprint density at radius 1 is 1.27 bits per heavy atom. The molecule has 0 aromatic rings. The molecule has 3 N–H and O–H groups in total. The second-order valence-electron chi connectivity index (χ2n) is 2.91. The first-order chi connectivity index (χ1) is 6.91. The molecule has 8 nitrogen and oxygen atoms in total. The topological polar surface area (TPSA) is 130 Å². The van der Waals surface area contributed by atoms with E-state index < -0.39 is 41.4 Å². The quantitative estimate of drug-likeness (QED) is 0.442. The van der Waals surface area contributed by atoms with Crippen LogP contribution in [0.5, 0.6) is 0 Å². The summed E-state index contributed by atoms with van der Waals surface area (Å²) in [6.45, 7) is -0.786. The molecule has 0 aromatic carbocycles. The zero-order valence-corrected chi connectivity index (χ0v) is 8.20. The van der Waals surface area contributed by atoms with E-state index >= 15 is 0 Å². The van der Waals surface area contributed by atoms with Crippen LogP contribution in [0.1, 0.15) is 0 Å². The van der Waals surface area contributed by atoms with Crippen LogP contribution in [0.15, 0.2) is 0 Å². The molecule has 0 radical (unpaired) electrons. The Labute approximate surface area is 85.4 Å². The van der Waals surface area contributed by atoms with E-state index in [0.29, 0.717) is 0 Å². The summed E-state index contributed by atoms with van der Waals surface area (Å²) in [4.78, 5) is 10.2. The van der Waals surface area contributed by atoms with E-state index in [4.69, 9.17) is 15.3 Å². The number of carbonyl (C=O) groups is 1. The lowest BCUT2D eigenvalue weighted by molar-refractivity contribution is -0.122. The molecule has 0 amide bonds.